The summed E-state index contributed by atoms with van der Waals surface area (Å²) in [6.07, 6.45) is 2.07. The molecule has 9 heteroatoms. The van der Waals surface area contributed by atoms with E-state index in [1.807, 2.05) is 82.3 Å². The highest BCUT2D eigenvalue weighted by Crippen LogP contribution is 2.23. The average Bonchev–Trinajstić information content (AvgIpc) is 2.94. The van der Waals surface area contributed by atoms with Gasteiger partial charge in [-0.25, -0.2) is 8.42 Å². The Labute approximate surface area is 244 Å². The van der Waals surface area contributed by atoms with Gasteiger partial charge in [-0.3, -0.25) is 13.9 Å². The lowest BCUT2D eigenvalue weighted by atomic mass is 10.0. The van der Waals surface area contributed by atoms with E-state index in [9.17, 15) is 18.0 Å². The molecule has 2 amide bonds. The zero-order valence-electron chi connectivity index (χ0n) is 24.8. The van der Waals surface area contributed by atoms with Gasteiger partial charge in [-0.15, -0.1) is 0 Å². The first-order valence-corrected chi connectivity index (χ1v) is 15.6. The highest BCUT2D eigenvalue weighted by atomic mass is 32.2. The van der Waals surface area contributed by atoms with Gasteiger partial charge in [-0.2, -0.15) is 0 Å². The van der Waals surface area contributed by atoms with Crippen LogP contribution in [-0.2, 0) is 32.6 Å². The predicted octanol–water partition coefficient (Wildman–Crippen LogP) is 4.63. The second-order valence-electron chi connectivity index (χ2n) is 10.4. The standard InChI is InChI=1S/C32H41N3O5S/c1-7-25(4)33-32(37)30(20-26-12-9-8-10-13-26)34(21-27-14-11-15-29(19-27)40-5)31(36)22-35(41(6,38)39)28-17-16-23(2)24(3)18-28/h8-19,25,30H,7,20-22H2,1-6H3,(H,33,37)/t25-,30+/m1/s1. The van der Waals surface area contributed by atoms with E-state index in [4.69, 9.17) is 4.74 Å². The van der Waals surface area contributed by atoms with Gasteiger partial charge >= 0.3 is 0 Å². The van der Waals surface area contributed by atoms with E-state index in [0.717, 1.165) is 39.2 Å². The Morgan fingerprint density at radius 2 is 1.61 bits per heavy atom. The minimum Gasteiger partial charge on any atom is -0.497 e. The summed E-state index contributed by atoms with van der Waals surface area (Å²) in [7, 11) is -2.26. The molecule has 0 saturated heterocycles. The third-order valence-electron chi connectivity index (χ3n) is 7.22. The number of benzene rings is 3. The number of carbonyl (C=O) groups excluding carboxylic acids is 2. The summed E-state index contributed by atoms with van der Waals surface area (Å²) >= 11 is 0. The fourth-order valence-electron chi connectivity index (χ4n) is 4.46. The number of carbonyl (C=O) groups is 2. The Morgan fingerprint density at radius 1 is 0.927 bits per heavy atom. The quantitative estimate of drug-likeness (QED) is 0.319. The van der Waals surface area contributed by atoms with Gasteiger partial charge in [0.2, 0.25) is 21.8 Å². The number of rotatable bonds is 13. The molecule has 2 atom stereocenters. The summed E-state index contributed by atoms with van der Waals surface area (Å²) in [6.45, 7) is 7.36. The van der Waals surface area contributed by atoms with Crippen molar-refractivity contribution in [3.8, 4) is 5.75 Å². The van der Waals surface area contributed by atoms with E-state index < -0.39 is 28.5 Å². The van der Waals surface area contributed by atoms with Crippen LogP contribution in [0.25, 0.3) is 0 Å². The van der Waals surface area contributed by atoms with Gasteiger partial charge in [0.25, 0.3) is 0 Å². The van der Waals surface area contributed by atoms with Crippen molar-refractivity contribution in [3.63, 3.8) is 0 Å². The summed E-state index contributed by atoms with van der Waals surface area (Å²) in [6, 6.07) is 21.1. The molecule has 3 rings (SSSR count). The van der Waals surface area contributed by atoms with Gasteiger partial charge < -0.3 is 15.0 Å². The molecule has 0 saturated carbocycles. The van der Waals surface area contributed by atoms with Crippen LogP contribution in [0.15, 0.2) is 72.8 Å². The van der Waals surface area contributed by atoms with Crippen LogP contribution in [0.1, 0.15) is 42.5 Å². The smallest absolute Gasteiger partial charge is 0.244 e. The number of hydrogen-bond acceptors (Lipinski definition) is 5. The summed E-state index contributed by atoms with van der Waals surface area (Å²) in [5.74, 6) is -0.167. The molecule has 3 aromatic carbocycles. The maximum atomic E-state index is 14.2. The van der Waals surface area contributed by atoms with E-state index in [0.29, 0.717) is 11.4 Å². The van der Waals surface area contributed by atoms with Gasteiger partial charge in [0, 0.05) is 19.0 Å². The molecule has 0 aliphatic rings. The van der Waals surface area contributed by atoms with Crippen molar-refractivity contribution in [1.82, 2.24) is 10.2 Å². The van der Waals surface area contributed by atoms with E-state index in [1.54, 1.807) is 25.3 Å². The molecule has 1 N–H and O–H groups in total. The molecule has 0 aliphatic carbocycles. The third kappa shape index (κ3) is 8.82. The molecule has 0 fully saturated rings. The monoisotopic (exact) mass is 579 g/mol. The van der Waals surface area contributed by atoms with Crippen molar-refractivity contribution < 1.29 is 22.7 Å². The highest BCUT2D eigenvalue weighted by molar-refractivity contribution is 7.92. The maximum Gasteiger partial charge on any atom is 0.244 e. The molecule has 0 spiro atoms. The van der Waals surface area contributed by atoms with Crippen LogP contribution in [0.3, 0.4) is 0 Å². The molecule has 0 heterocycles. The maximum absolute atomic E-state index is 14.2. The molecular weight excluding hydrogens is 538 g/mol. The zero-order chi connectivity index (χ0) is 30.2. The van der Waals surface area contributed by atoms with Gasteiger partial charge in [0.15, 0.2) is 0 Å². The molecule has 0 unspecified atom stereocenters. The minimum atomic E-state index is -3.82. The molecule has 0 bridgehead atoms. The lowest BCUT2D eigenvalue weighted by Crippen LogP contribution is -2.54. The lowest BCUT2D eigenvalue weighted by Gasteiger charge is -2.34. The summed E-state index contributed by atoms with van der Waals surface area (Å²) in [4.78, 5) is 29.4. The van der Waals surface area contributed by atoms with E-state index in [-0.39, 0.29) is 24.9 Å². The van der Waals surface area contributed by atoms with Gasteiger partial charge in [-0.05, 0) is 73.7 Å². The predicted molar refractivity (Wildman–Crippen MR) is 163 cm³/mol. The molecule has 3 aromatic rings. The van der Waals surface area contributed by atoms with Crippen molar-refractivity contribution in [1.29, 1.82) is 0 Å². The first-order valence-electron chi connectivity index (χ1n) is 13.7. The van der Waals surface area contributed by atoms with Crippen molar-refractivity contribution in [2.75, 3.05) is 24.2 Å². The number of nitrogens with one attached hydrogen (secondary N) is 1. The second-order valence-corrected chi connectivity index (χ2v) is 12.3. The Bertz CT molecular complexity index is 1440. The largest absolute Gasteiger partial charge is 0.497 e. The number of hydrogen-bond donors (Lipinski definition) is 1. The van der Waals surface area contributed by atoms with Crippen LogP contribution in [-0.4, -0.2) is 57.1 Å². The fourth-order valence-corrected chi connectivity index (χ4v) is 5.30. The summed E-state index contributed by atoms with van der Waals surface area (Å²) < 4.78 is 32.4. The van der Waals surface area contributed by atoms with Crippen molar-refractivity contribution >= 4 is 27.5 Å². The fraction of sp³-hybridized carbons (Fsp3) is 0.375. The number of ether oxygens (including phenoxy) is 1. The minimum absolute atomic E-state index is 0.0893. The Morgan fingerprint density at radius 3 is 2.22 bits per heavy atom. The molecule has 8 nitrogen and oxygen atoms in total. The Balaban J connectivity index is 2.08. The van der Waals surface area contributed by atoms with Gasteiger partial charge in [-0.1, -0.05) is 55.5 Å². The molecule has 0 aromatic heterocycles. The second kappa shape index (κ2) is 14.2. The van der Waals surface area contributed by atoms with Crippen LogP contribution in [0.2, 0.25) is 0 Å². The lowest BCUT2D eigenvalue weighted by molar-refractivity contribution is -0.140. The highest BCUT2D eigenvalue weighted by Gasteiger charge is 2.33. The molecule has 220 valence electrons. The topological polar surface area (TPSA) is 96.0 Å². The van der Waals surface area contributed by atoms with E-state index in [1.165, 1.54) is 4.90 Å². The number of aryl methyl sites for hydroxylation is 2. The van der Waals surface area contributed by atoms with Gasteiger partial charge in [0.1, 0.15) is 18.3 Å². The van der Waals surface area contributed by atoms with Crippen LogP contribution >= 0.6 is 0 Å². The van der Waals surface area contributed by atoms with Crippen molar-refractivity contribution in [2.45, 2.75) is 59.2 Å². The number of sulfonamides is 1. The van der Waals surface area contributed by atoms with Crippen LogP contribution < -0.4 is 14.4 Å². The molecule has 0 radical (unpaired) electrons. The SMILES string of the molecule is CC[C@@H](C)NC(=O)[C@H](Cc1ccccc1)N(Cc1cccc(OC)c1)C(=O)CN(c1ccc(C)c(C)c1)S(C)(=O)=O. The average molecular weight is 580 g/mol. The van der Waals surface area contributed by atoms with E-state index >= 15 is 0 Å². The van der Waals surface area contributed by atoms with E-state index in [2.05, 4.69) is 5.32 Å². The van der Waals surface area contributed by atoms with Crippen LogP contribution in [0, 0.1) is 13.8 Å². The first kappa shape index (κ1) is 31.7. The third-order valence-corrected chi connectivity index (χ3v) is 8.36. The van der Waals surface area contributed by atoms with Gasteiger partial charge in [0.05, 0.1) is 19.1 Å². The number of anilines is 1. The Hall–Kier alpha value is -3.85. The molecular formula is C32H41N3O5S. The normalized spacial score (nSPS) is 12.7. The number of nitrogens with zero attached hydrogens (tertiary/aromatic N) is 2. The summed E-state index contributed by atoms with van der Waals surface area (Å²) in [5.41, 5.74) is 3.96. The number of methoxy groups -OCH3 is 1. The Kier molecular flexibility index (Phi) is 10.9. The van der Waals surface area contributed by atoms with Crippen molar-refractivity contribution in [2.24, 2.45) is 0 Å². The first-order chi connectivity index (χ1) is 19.4. The van der Waals surface area contributed by atoms with Crippen LogP contribution in [0.5, 0.6) is 5.75 Å². The molecule has 41 heavy (non-hydrogen) atoms. The zero-order valence-corrected chi connectivity index (χ0v) is 25.6. The number of amides is 2. The molecule has 0 aliphatic heterocycles. The summed E-state index contributed by atoms with van der Waals surface area (Å²) in [5, 5.41) is 3.03. The van der Waals surface area contributed by atoms with Crippen molar-refractivity contribution in [3.05, 3.63) is 95.1 Å². The van der Waals surface area contributed by atoms with Crippen LogP contribution in [0.4, 0.5) is 5.69 Å².